The van der Waals surface area contributed by atoms with Crippen LogP contribution >= 0.6 is 0 Å². The fraction of sp³-hybridized carbons (Fsp3) is 0.467. The van der Waals surface area contributed by atoms with Gasteiger partial charge in [0.2, 0.25) is 5.91 Å². The minimum Gasteiger partial charge on any atom is -0.435 e. The summed E-state index contributed by atoms with van der Waals surface area (Å²) < 4.78 is 28.5. The summed E-state index contributed by atoms with van der Waals surface area (Å²) in [5.41, 5.74) is 0.171. The maximum atomic E-state index is 12.1. The van der Waals surface area contributed by atoms with Gasteiger partial charge >= 0.3 is 6.61 Å². The summed E-state index contributed by atoms with van der Waals surface area (Å²) in [6, 6.07) is 5.47. The molecule has 22 heavy (non-hydrogen) atoms. The predicted molar refractivity (Wildman–Crippen MR) is 75.8 cm³/mol. The van der Waals surface area contributed by atoms with Crippen LogP contribution in [0.1, 0.15) is 29.6 Å². The quantitative estimate of drug-likeness (QED) is 0.905. The van der Waals surface area contributed by atoms with Crippen LogP contribution in [0.4, 0.5) is 8.78 Å². The Balaban J connectivity index is 1.87. The smallest absolute Gasteiger partial charge is 0.387 e. The number of nitrogens with one attached hydrogen (secondary N) is 1. The lowest BCUT2D eigenvalue weighted by Gasteiger charge is -2.26. The van der Waals surface area contributed by atoms with Gasteiger partial charge in [0, 0.05) is 18.7 Å². The van der Waals surface area contributed by atoms with E-state index in [0.717, 1.165) is 19.3 Å². The Morgan fingerprint density at radius 1 is 1.23 bits per heavy atom. The van der Waals surface area contributed by atoms with Crippen molar-refractivity contribution in [2.75, 3.05) is 19.6 Å². The highest BCUT2D eigenvalue weighted by Gasteiger charge is 2.17. The molecule has 5 nitrogen and oxygen atoms in total. The Morgan fingerprint density at radius 3 is 2.64 bits per heavy atom. The number of hydrogen-bond donors (Lipinski definition) is 1. The van der Waals surface area contributed by atoms with Crippen LogP contribution < -0.4 is 10.1 Å². The number of halogens is 2. The zero-order valence-corrected chi connectivity index (χ0v) is 12.1. The topological polar surface area (TPSA) is 58.6 Å². The first-order valence-corrected chi connectivity index (χ1v) is 7.17. The molecular formula is C15H18F2N2O3. The van der Waals surface area contributed by atoms with Crippen LogP contribution in [0.15, 0.2) is 24.3 Å². The van der Waals surface area contributed by atoms with Crippen molar-refractivity contribution in [3.05, 3.63) is 29.8 Å². The molecule has 7 heteroatoms. The Morgan fingerprint density at radius 2 is 1.95 bits per heavy atom. The molecule has 0 unspecified atom stereocenters. The first-order valence-electron chi connectivity index (χ1n) is 7.17. The second-order valence-corrected chi connectivity index (χ2v) is 5.03. The molecule has 0 spiro atoms. The average molecular weight is 312 g/mol. The maximum Gasteiger partial charge on any atom is 0.387 e. The van der Waals surface area contributed by atoms with Crippen LogP contribution in [0.25, 0.3) is 0 Å². The second-order valence-electron chi connectivity index (χ2n) is 5.03. The molecular weight excluding hydrogens is 294 g/mol. The largest absolute Gasteiger partial charge is 0.435 e. The number of nitrogens with zero attached hydrogens (tertiary/aromatic N) is 1. The van der Waals surface area contributed by atoms with Crippen molar-refractivity contribution in [3.63, 3.8) is 0 Å². The molecule has 1 N–H and O–H groups in total. The first-order chi connectivity index (χ1) is 10.6. The molecule has 0 bridgehead atoms. The van der Waals surface area contributed by atoms with Gasteiger partial charge in [0.05, 0.1) is 6.54 Å². The summed E-state index contributed by atoms with van der Waals surface area (Å²) in [5.74, 6) is -0.719. The van der Waals surface area contributed by atoms with Crippen molar-refractivity contribution in [1.29, 1.82) is 0 Å². The van der Waals surface area contributed by atoms with E-state index in [1.54, 1.807) is 4.90 Å². The summed E-state index contributed by atoms with van der Waals surface area (Å²) in [4.78, 5) is 25.6. The Labute approximate surface area is 127 Å². The van der Waals surface area contributed by atoms with Crippen LogP contribution in [-0.4, -0.2) is 43.0 Å². The number of alkyl halides is 2. The van der Waals surface area contributed by atoms with Crippen LogP contribution in [0.3, 0.4) is 0 Å². The third kappa shape index (κ3) is 4.68. The van der Waals surface area contributed by atoms with Gasteiger partial charge in [0.25, 0.3) is 5.91 Å². The first kappa shape index (κ1) is 16.2. The molecule has 2 rings (SSSR count). The van der Waals surface area contributed by atoms with Crippen molar-refractivity contribution in [1.82, 2.24) is 10.2 Å². The van der Waals surface area contributed by atoms with Crippen molar-refractivity contribution in [3.8, 4) is 5.75 Å². The van der Waals surface area contributed by atoms with Gasteiger partial charge in [0.15, 0.2) is 0 Å². The van der Waals surface area contributed by atoms with Crippen LogP contribution in [0.5, 0.6) is 5.75 Å². The fourth-order valence-electron chi connectivity index (χ4n) is 2.33. The van der Waals surface area contributed by atoms with E-state index < -0.39 is 12.5 Å². The van der Waals surface area contributed by atoms with Crippen LogP contribution in [0.2, 0.25) is 0 Å². The molecule has 0 saturated carbocycles. The van der Waals surface area contributed by atoms with E-state index in [2.05, 4.69) is 10.1 Å². The summed E-state index contributed by atoms with van der Waals surface area (Å²) >= 11 is 0. The third-order valence-electron chi connectivity index (χ3n) is 3.43. The highest BCUT2D eigenvalue weighted by molar-refractivity contribution is 5.96. The van der Waals surface area contributed by atoms with Gasteiger partial charge in [-0.15, -0.1) is 0 Å². The summed E-state index contributed by atoms with van der Waals surface area (Å²) in [7, 11) is 0. The molecule has 1 aromatic carbocycles. The highest BCUT2D eigenvalue weighted by Crippen LogP contribution is 2.16. The molecule has 1 aromatic rings. The number of carbonyl (C=O) groups is 2. The van der Waals surface area contributed by atoms with Gasteiger partial charge in [-0.05, 0) is 37.5 Å². The summed E-state index contributed by atoms with van der Waals surface area (Å²) in [6.45, 7) is -1.61. The maximum absolute atomic E-state index is 12.1. The monoisotopic (exact) mass is 312 g/mol. The average Bonchev–Trinajstić information content (AvgIpc) is 2.52. The molecule has 0 aliphatic carbocycles. The fourth-order valence-corrected chi connectivity index (χ4v) is 2.33. The lowest BCUT2D eigenvalue weighted by Crippen LogP contribution is -2.42. The van der Waals surface area contributed by atoms with E-state index >= 15 is 0 Å². The molecule has 2 amide bonds. The van der Waals surface area contributed by atoms with Crippen molar-refractivity contribution >= 4 is 11.8 Å². The summed E-state index contributed by atoms with van der Waals surface area (Å²) in [5, 5.41) is 2.50. The van der Waals surface area contributed by atoms with Gasteiger partial charge in [-0.25, -0.2) is 0 Å². The number of piperidine rings is 1. The van der Waals surface area contributed by atoms with E-state index in [4.69, 9.17) is 0 Å². The number of carbonyl (C=O) groups excluding carboxylic acids is 2. The van der Waals surface area contributed by atoms with Crippen molar-refractivity contribution in [2.24, 2.45) is 0 Å². The zero-order valence-electron chi connectivity index (χ0n) is 12.1. The van der Waals surface area contributed by atoms with E-state index in [0.29, 0.717) is 13.1 Å². The molecule has 0 radical (unpaired) electrons. The van der Waals surface area contributed by atoms with E-state index in [1.165, 1.54) is 24.3 Å². The van der Waals surface area contributed by atoms with Gasteiger partial charge in [0.1, 0.15) is 5.75 Å². The number of ether oxygens (including phenoxy) is 1. The number of hydrogen-bond acceptors (Lipinski definition) is 3. The van der Waals surface area contributed by atoms with Crippen molar-refractivity contribution < 1.29 is 23.1 Å². The number of amides is 2. The van der Waals surface area contributed by atoms with Crippen LogP contribution in [-0.2, 0) is 4.79 Å². The van der Waals surface area contributed by atoms with Crippen molar-refractivity contribution in [2.45, 2.75) is 25.9 Å². The normalized spacial score (nSPS) is 14.8. The predicted octanol–water partition coefficient (Wildman–Crippen LogP) is 2.03. The Bertz CT molecular complexity index is 531. The molecule has 1 aliphatic rings. The van der Waals surface area contributed by atoms with Gasteiger partial charge in [-0.1, -0.05) is 6.07 Å². The SMILES string of the molecule is O=C(NCC(=O)N1CCCCC1)c1cccc(OC(F)F)c1. The molecule has 1 fully saturated rings. The lowest BCUT2D eigenvalue weighted by atomic mass is 10.1. The number of likely N-dealkylation sites (tertiary alicyclic amines) is 1. The zero-order chi connectivity index (χ0) is 15.9. The Kier molecular flexibility index (Phi) is 5.68. The third-order valence-corrected chi connectivity index (χ3v) is 3.43. The molecule has 1 heterocycles. The molecule has 0 aromatic heterocycles. The van der Waals surface area contributed by atoms with Crippen LogP contribution in [0, 0.1) is 0 Å². The van der Waals surface area contributed by atoms with Gasteiger partial charge in [-0.3, -0.25) is 9.59 Å². The standard InChI is InChI=1S/C15H18F2N2O3/c16-15(17)22-12-6-4-5-11(9-12)14(21)18-10-13(20)19-7-2-1-3-8-19/h4-6,9,15H,1-3,7-8,10H2,(H,18,21). The molecule has 0 atom stereocenters. The lowest BCUT2D eigenvalue weighted by molar-refractivity contribution is -0.130. The molecule has 1 saturated heterocycles. The second kappa shape index (κ2) is 7.72. The van der Waals surface area contributed by atoms with Gasteiger partial charge in [-0.2, -0.15) is 8.78 Å². The van der Waals surface area contributed by atoms with E-state index in [-0.39, 0.29) is 23.8 Å². The van der Waals surface area contributed by atoms with Gasteiger partial charge < -0.3 is 15.0 Å². The number of benzene rings is 1. The minimum atomic E-state index is -2.95. The Hall–Kier alpha value is -2.18. The summed E-state index contributed by atoms with van der Waals surface area (Å²) in [6.07, 6.45) is 3.08. The van der Waals surface area contributed by atoms with E-state index in [1.807, 2.05) is 0 Å². The highest BCUT2D eigenvalue weighted by atomic mass is 19.3. The minimum absolute atomic E-state index is 0.0926. The molecule has 120 valence electrons. The van der Waals surface area contributed by atoms with E-state index in [9.17, 15) is 18.4 Å². The molecule has 1 aliphatic heterocycles. The number of rotatable bonds is 5.